The molecule has 0 radical (unpaired) electrons. The highest BCUT2D eigenvalue weighted by Crippen LogP contribution is 2.31. The standard InChI is InChI=1S/C36H44N8O5/c1-21(2)32(40-34(46)22(3)38-4)36(48)43-19-27(18-31(43)35(47)39-29(33(37)45)15-23-9-7-6-8-10-23)44-20-30(41-42-44)26-12-11-25-17-28(49-5)14-13-24(25)16-26/h6-14,16-17,20-22,27,29,31-32,38H,15,18-19H2,1-5H3,(H2,37,45)(H,39,47)(H,40,46)/t22-,27-,29-,31-,32-/m0/s1. The zero-order valence-corrected chi connectivity index (χ0v) is 28.4. The average molecular weight is 669 g/mol. The lowest BCUT2D eigenvalue weighted by atomic mass is 10.0. The van der Waals surface area contributed by atoms with Gasteiger partial charge in [0.25, 0.3) is 0 Å². The second-order valence-electron chi connectivity index (χ2n) is 12.8. The number of benzene rings is 3. The van der Waals surface area contributed by atoms with Crippen LogP contribution in [0.1, 0.15) is 38.8 Å². The van der Waals surface area contributed by atoms with Crippen LogP contribution >= 0.6 is 0 Å². The van der Waals surface area contributed by atoms with E-state index < -0.39 is 47.9 Å². The van der Waals surface area contributed by atoms with Gasteiger partial charge in [0.2, 0.25) is 23.6 Å². The van der Waals surface area contributed by atoms with Gasteiger partial charge in [0.1, 0.15) is 29.6 Å². The highest BCUT2D eigenvalue weighted by Gasteiger charge is 2.44. The summed E-state index contributed by atoms with van der Waals surface area (Å²) in [4.78, 5) is 54.9. The highest BCUT2D eigenvalue weighted by atomic mass is 16.5. The number of likely N-dealkylation sites (tertiary alicyclic amines) is 1. The van der Waals surface area contributed by atoms with Crippen LogP contribution in [0.2, 0.25) is 0 Å². The summed E-state index contributed by atoms with van der Waals surface area (Å²) in [5.41, 5.74) is 8.04. The summed E-state index contributed by atoms with van der Waals surface area (Å²) >= 11 is 0. The van der Waals surface area contributed by atoms with Crippen LogP contribution in [-0.2, 0) is 25.6 Å². The van der Waals surface area contributed by atoms with E-state index in [1.165, 1.54) is 4.90 Å². The first-order valence-electron chi connectivity index (χ1n) is 16.4. The number of carbonyl (C=O) groups is 4. The number of carbonyl (C=O) groups excluding carboxylic acids is 4. The van der Waals surface area contributed by atoms with Crippen molar-refractivity contribution in [2.75, 3.05) is 20.7 Å². The fourth-order valence-corrected chi connectivity index (χ4v) is 6.04. The van der Waals surface area contributed by atoms with Crippen LogP contribution in [0.15, 0.2) is 72.9 Å². The fourth-order valence-electron chi connectivity index (χ4n) is 6.04. The quantitative estimate of drug-likeness (QED) is 0.168. The molecule has 1 aliphatic rings. The van der Waals surface area contributed by atoms with Crippen molar-refractivity contribution < 1.29 is 23.9 Å². The number of hydrogen-bond donors (Lipinski definition) is 4. The SMILES string of the molecule is CN[C@@H](C)C(=O)N[C@H](C(=O)N1C[C@@H](n2cc(-c3ccc4cc(OC)ccc4c3)nn2)C[C@H]1C(=O)N[C@@H](Cc1ccccc1)C(N)=O)C(C)C. The van der Waals surface area contributed by atoms with Gasteiger partial charge < -0.3 is 31.3 Å². The Bertz CT molecular complexity index is 1810. The number of rotatable bonds is 13. The minimum absolute atomic E-state index is 0.137. The number of primary amides is 1. The molecule has 5 rings (SSSR count). The Balaban J connectivity index is 1.42. The first-order chi connectivity index (χ1) is 23.5. The van der Waals surface area contributed by atoms with Crippen molar-refractivity contribution in [3.63, 3.8) is 0 Å². The third kappa shape index (κ3) is 8.06. The molecule has 1 saturated heterocycles. The topological polar surface area (TPSA) is 174 Å². The Kier molecular flexibility index (Phi) is 10.9. The van der Waals surface area contributed by atoms with E-state index in [1.807, 2.05) is 80.6 Å². The molecule has 0 bridgehead atoms. The van der Waals surface area contributed by atoms with Crippen LogP contribution in [0.5, 0.6) is 5.75 Å². The van der Waals surface area contributed by atoms with Gasteiger partial charge in [-0.25, -0.2) is 4.68 Å². The summed E-state index contributed by atoms with van der Waals surface area (Å²) in [6, 6.07) is 17.2. The number of aromatic nitrogens is 3. The zero-order valence-electron chi connectivity index (χ0n) is 28.4. The zero-order chi connectivity index (χ0) is 35.2. The number of fused-ring (bicyclic) bond motifs is 1. The Morgan fingerprint density at radius 1 is 0.980 bits per heavy atom. The summed E-state index contributed by atoms with van der Waals surface area (Å²) in [6.45, 7) is 5.51. The molecule has 0 unspecified atom stereocenters. The number of hydrogen-bond acceptors (Lipinski definition) is 8. The van der Waals surface area contributed by atoms with Crippen molar-refractivity contribution in [2.45, 2.75) is 63.8 Å². The van der Waals surface area contributed by atoms with E-state index in [2.05, 4.69) is 26.3 Å². The minimum atomic E-state index is -0.992. The first kappa shape index (κ1) is 35.0. The number of amides is 4. The van der Waals surface area contributed by atoms with E-state index in [9.17, 15) is 19.2 Å². The molecule has 2 heterocycles. The van der Waals surface area contributed by atoms with Gasteiger partial charge in [-0.15, -0.1) is 5.10 Å². The second-order valence-corrected chi connectivity index (χ2v) is 12.8. The van der Waals surface area contributed by atoms with Crippen LogP contribution in [0, 0.1) is 5.92 Å². The van der Waals surface area contributed by atoms with Gasteiger partial charge >= 0.3 is 0 Å². The molecule has 0 saturated carbocycles. The Hall–Kier alpha value is -5.30. The van der Waals surface area contributed by atoms with Crippen molar-refractivity contribution >= 4 is 34.4 Å². The number of ether oxygens (including phenoxy) is 1. The number of likely N-dealkylation sites (N-methyl/N-ethyl adjacent to an activating group) is 1. The summed E-state index contributed by atoms with van der Waals surface area (Å²) in [6.07, 6.45) is 2.21. The average Bonchev–Trinajstić information content (AvgIpc) is 3.78. The molecule has 4 amide bonds. The van der Waals surface area contributed by atoms with Crippen LogP contribution in [0.25, 0.3) is 22.0 Å². The number of methoxy groups -OCH3 is 1. The van der Waals surface area contributed by atoms with Gasteiger partial charge in [-0.1, -0.05) is 67.6 Å². The molecule has 1 aromatic heterocycles. The highest BCUT2D eigenvalue weighted by molar-refractivity contribution is 5.95. The molecule has 1 fully saturated rings. The molecule has 4 aromatic rings. The number of nitrogens with one attached hydrogen (secondary N) is 3. The predicted octanol–water partition coefficient (Wildman–Crippen LogP) is 2.21. The van der Waals surface area contributed by atoms with E-state index in [1.54, 1.807) is 32.0 Å². The number of nitrogens with zero attached hydrogens (tertiary/aromatic N) is 4. The second kappa shape index (κ2) is 15.3. The summed E-state index contributed by atoms with van der Waals surface area (Å²) in [5, 5.41) is 19.4. The van der Waals surface area contributed by atoms with Crippen LogP contribution in [0.4, 0.5) is 0 Å². The summed E-state index contributed by atoms with van der Waals surface area (Å²) in [5.74, 6) is -1.45. The maximum Gasteiger partial charge on any atom is 0.246 e. The van der Waals surface area contributed by atoms with Crippen molar-refractivity contribution in [3.05, 3.63) is 78.5 Å². The van der Waals surface area contributed by atoms with Gasteiger partial charge in [-0.3, -0.25) is 19.2 Å². The lowest BCUT2D eigenvalue weighted by Crippen LogP contribution is -2.58. The lowest BCUT2D eigenvalue weighted by molar-refractivity contribution is -0.143. The third-order valence-electron chi connectivity index (χ3n) is 9.09. The Labute approximate surface area is 285 Å². The van der Waals surface area contributed by atoms with Crippen molar-refractivity contribution in [1.82, 2.24) is 35.8 Å². The maximum atomic E-state index is 14.2. The molecule has 0 aliphatic carbocycles. The molecular formula is C36H44N8O5. The normalized spacial score (nSPS) is 17.8. The fraction of sp³-hybridized carbons (Fsp3) is 0.389. The van der Waals surface area contributed by atoms with E-state index in [0.29, 0.717) is 5.69 Å². The van der Waals surface area contributed by atoms with Gasteiger partial charge in [-0.05, 0) is 54.4 Å². The van der Waals surface area contributed by atoms with Gasteiger partial charge in [-0.2, -0.15) is 0 Å². The lowest BCUT2D eigenvalue weighted by Gasteiger charge is -2.31. The monoisotopic (exact) mass is 668 g/mol. The van der Waals surface area contributed by atoms with Crippen LogP contribution < -0.4 is 26.4 Å². The molecule has 0 spiro atoms. The van der Waals surface area contributed by atoms with Crippen molar-refractivity contribution in [3.8, 4) is 17.0 Å². The van der Waals surface area contributed by atoms with E-state index >= 15 is 0 Å². The van der Waals surface area contributed by atoms with E-state index in [-0.39, 0.29) is 31.2 Å². The van der Waals surface area contributed by atoms with Crippen LogP contribution in [0.3, 0.4) is 0 Å². The van der Waals surface area contributed by atoms with Gasteiger partial charge in [0.15, 0.2) is 0 Å². The molecule has 3 aromatic carbocycles. The molecule has 13 heteroatoms. The van der Waals surface area contributed by atoms with Crippen LogP contribution in [-0.4, -0.2) is 88.4 Å². The smallest absolute Gasteiger partial charge is 0.246 e. The molecule has 5 atom stereocenters. The molecule has 258 valence electrons. The van der Waals surface area contributed by atoms with Gasteiger partial charge in [0.05, 0.1) is 25.4 Å². The molecular weight excluding hydrogens is 624 g/mol. The molecule has 49 heavy (non-hydrogen) atoms. The summed E-state index contributed by atoms with van der Waals surface area (Å²) in [7, 11) is 3.29. The minimum Gasteiger partial charge on any atom is -0.497 e. The Morgan fingerprint density at radius 2 is 1.69 bits per heavy atom. The molecule has 1 aliphatic heterocycles. The van der Waals surface area contributed by atoms with E-state index in [4.69, 9.17) is 10.5 Å². The molecule has 13 nitrogen and oxygen atoms in total. The van der Waals surface area contributed by atoms with Crippen molar-refractivity contribution in [2.24, 2.45) is 11.7 Å². The largest absolute Gasteiger partial charge is 0.497 e. The number of nitrogens with two attached hydrogens (primary N) is 1. The Morgan fingerprint density at radius 3 is 2.37 bits per heavy atom. The predicted molar refractivity (Wildman–Crippen MR) is 185 cm³/mol. The van der Waals surface area contributed by atoms with Crippen molar-refractivity contribution in [1.29, 1.82) is 0 Å². The van der Waals surface area contributed by atoms with Gasteiger partial charge in [0, 0.05) is 24.9 Å². The third-order valence-corrected chi connectivity index (χ3v) is 9.09. The summed E-state index contributed by atoms with van der Waals surface area (Å²) < 4.78 is 7.01. The maximum absolute atomic E-state index is 14.2. The first-order valence-corrected chi connectivity index (χ1v) is 16.4. The molecule has 5 N–H and O–H groups in total. The van der Waals surface area contributed by atoms with E-state index in [0.717, 1.165) is 27.6 Å².